The molecule has 0 aromatic carbocycles. The Balaban J connectivity index is 2.41. The summed E-state index contributed by atoms with van der Waals surface area (Å²) in [6.45, 7) is 1.05. The van der Waals surface area contributed by atoms with E-state index in [1.165, 1.54) is 10.9 Å². The second kappa shape index (κ2) is 4.11. The number of H-pyrrole nitrogens is 1. The molecule has 2 heterocycles. The number of rotatable bonds is 2. The molecule has 0 saturated carbocycles. The molecule has 1 atom stereocenters. The number of fused-ring (bicyclic) bond motifs is 1. The molecule has 0 aliphatic rings. The number of alkyl halides is 3. The van der Waals surface area contributed by atoms with Gasteiger partial charge in [-0.3, -0.25) is 4.79 Å². The Labute approximate surface area is 99.7 Å². The molecule has 0 fully saturated rings. The van der Waals surface area contributed by atoms with Crippen LogP contribution in [-0.4, -0.2) is 25.7 Å². The van der Waals surface area contributed by atoms with E-state index in [9.17, 15) is 18.0 Å². The molecule has 8 heteroatoms. The van der Waals surface area contributed by atoms with Gasteiger partial charge < -0.3 is 9.55 Å². The maximum absolute atomic E-state index is 12.4. The predicted molar refractivity (Wildman–Crippen MR) is 58.1 cm³/mol. The Hall–Kier alpha value is -1.86. The number of imidazole rings is 1. The second-order valence-electron chi connectivity index (χ2n) is 4.19. The summed E-state index contributed by atoms with van der Waals surface area (Å²) in [6.07, 6.45) is -3.27. The third-order valence-corrected chi connectivity index (χ3v) is 2.68. The Bertz CT molecular complexity index is 628. The second-order valence-corrected chi connectivity index (χ2v) is 4.19. The van der Waals surface area contributed by atoms with E-state index in [4.69, 9.17) is 0 Å². The van der Waals surface area contributed by atoms with Crippen LogP contribution in [0.3, 0.4) is 0 Å². The Morgan fingerprint density at radius 1 is 1.50 bits per heavy atom. The zero-order valence-corrected chi connectivity index (χ0v) is 9.75. The zero-order valence-electron chi connectivity index (χ0n) is 9.75. The van der Waals surface area contributed by atoms with Crippen molar-refractivity contribution in [1.82, 2.24) is 19.5 Å². The average molecular weight is 260 g/mol. The number of aromatic amines is 1. The number of nitrogens with zero attached hydrogens (tertiary/aromatic N) is 3. The molecule has 2 aromatic rings. The molecule has 0 radical (unpaired) electrons. The van der Waals surface area contributed by atoms with Crippen LogP contribution in [0.5, 0.6) is 0 Å². The van der Waals surface area contributed by atoms with Crippen molar-refractivity contribution in [3.8, 4) is 0 Å². The monoisotopic (exact) mass is 260 g/mol. The highest BCUT2D eigenvalue weighted by Crippen LogP contribution is 2.27. The summed E-state index contributed by atoms with van der Waals surface area (Å²) in [5.74, 6) is -1.55. The number of aromatic nitrogens is 4. The van der Waals surface area contributed by atoms with Crippen molar-refractivity contribution in [3.05, 3.63) is 22.5 Å². The third-order valence-electron chi connectivity index (χ3n) is 2.68. The molecular formula is C10H11F3N4O. The lowest BCUT2D eigenvalue weighted by atomic mass is 10.1. The minimum Gasteiger partial charge on any atom is -0.318 e. The summed E-state index contributed by atoms with van der Waals surface area (Å²) in [6, 6.07) is 0. The van der Waals surface area contributed by atoms with Crippen LogP contribution in [0, 0.1) is 5.92 Å². The van der Waals surface area contributed by atoms with Crippen molar-refractivity contribution in [1.29, 1.82) is 0 Å². The van der Waals surface area contributed by atoms with Crippen molar-refractivity contribution in [2.45, 2.75) is 19.5 Å². The summed E-state index contributed by atoms with van der Waals surface area (Å²) in [4.78, 5) is 21.7. The highest BCUT2D eigenvalue weighted by atomic mass is 19.4. The van der Waals surface area contributed by atoms with Gasteiger partial charge >= 0.3 is 6.18 Å². The van der Waals surface area contributed by atoms with Gasteiger partial charge in [0.2, 0.25) is 0 Å². The molecule has 0 saturated heterocycles. The maximum Gasteiger partial charge on any atom is 0.391 e. The fraction of sp³-hybridized carbons (Fsp3) is 0.500. The van der Waals surface area contributed by atoms with E-state index < -0.39 is 17.7 Å². The Morgan fingerprint density at radius 3 is 2.78 bits per heavy atom. The topological polar surface area (TPSA) is 63.6 Å². The molecule has 0 spiro atoms. The van der Waals surface area contributed by atoms with E-state index in [1.54, 1.807) is 7.05 Å². The first-order valence-electron chi connectivity index (χ1n) is 5.26. The molecular weight excluding hydrogens is 249 g/mol. The van der Waals surface area contributed by atoms with E-state index >= 15 is 0 Å². The molecule has 2 rings (SSSR count). The van der Waals surface area contributed by atoms with Crippen LogP contribution in [0.15, 0.2) is 11.1 Å². The molecule has 5 nitrogen and oxygen atoms in total. The third kappa shape index (κ3) is 2.22. The van der Waals surface area contributed by atoms with Gasteiger partial charge in [-0.2, -0.15) is 13.2 Å². The van der Waals surface area contributed by atoms with Crippen LogP contribution in [0.25, 0.3) is 11.2 Å². The van der Waals surface area contributed by atoms with Gasteiger partial charge in [0.1, 0.15) is 5.82 Å². The smallest absolute Gasteiger partial charge is 0.318 e. The molecule has 0 aliphatic heterocycles. The summed E-state index contributed by atoms with van der Waals surface area (Å²) in [5, 5.41) is 0. The summed E-state index contributed by atoms with van der Waals surface area (Å²) >= 11 is 0. The van der Waals surface area contributed by atoms with Gasteiger partial charge in [-0.1, -0.05) is 6.92 Å². The minimum atomic E-state index is -4.31. The molecule has 0 bridgehead atoms. The van der Waals surface area contributed by atoms with Crippen LogP contribution < -0.4 is 5.56 Å². The van der Waals surface area contributed by atoms with Gasteiger partial charge in [0.15, 0.2) is 11.2 Å². The SMILES string of the molecule is CC(Cc1nc2c(ncn2C)c(=O)[nH]1)C(F)(F)F. The van der Waals surface area contributed by atoms with Crippen molar-refractivity contribution >= 4 is 11.2 Å². The minimum absolute atomic E-state index is 0.0147. The van der Waals surface area contributed by atoms with Gasteiger partial charge in [0.25, 0.3) is 5.56 Å². The van der Waals surface area contributed by atoms with Crippen molar-refractivity contribution in [3.63, 3.8) is 0 Å². The van der Waals surface area contributed by atoms with Gasteiger partial charge in [0, 0.05) is 13.5 Å². The fourth-order valence-electron chi connectivity index (χ4n) is 1.56. The maximum atomic E-state index is 12.4. The number of nitrogens with one attached hydrogen (secondary N) is 1. The quantitative estimate of drug-likeness (QED) is 0.887. The van der Waals surface area contributed by atoms with E-state index in [2.05, 4.69) is 15.0 Å². The first-order valence-corrected chi connectivity index (χ1v) is 5.26. The Kier molecular flexibility index (Phi) is 2.88. The molecule has 2 aromatic heterocycles. The summed E-state index contributed by atoms with van der Waals surface area (Å²) in [5.41, 5.74) is -0.117. The van der Waals surface area contributed by atoms with Crippen LogP contribution in [-0.2, 0) is 13.5 Å². The van der Waals surface area contributed by atoms with Crippen LogP contribution in [0.4, 0.5) is 13.2 Å². The van der Waals surface area contributed by atoms with Crippen molar-refractivity contribution < 1.29 is 13.2 Å². The zero-order chi connectivity index (χ0) is 13.5. The summed E-state index contributed by atoms with van der Waals surface area (Å²) < 4.78 is 38.8. The Morgan fingerprint density at radius 2 is 2.17 bits per heavy atom. The van der Waals surface area contributed by atoms with E-state index in [1.807, 2.05) is 0 Å². The molecule has 18 heavy (non-hydrogen) atoms. The van der Waals surface area contributed by atoms with Crippen LogP contribution in [0.2, 0.25) is 0 Å². The van der Waals surface area contributed by atoms with E-state index in [-0.39, 0.29) is 23.4 Å². The largest absolute Gasteiger partial charge is 0.391 e. The van der Waals surface area contributed by atoms with Crippen molar-refractivity contribution in [2.24, 2.45) is 13.0 Å². The molecule has 1 unspecified atom stereocenters. The normalized spacial score (nSPS) is 14.1. The van der Waals surface area contributed by atoms with Gasteiger partial charge in [-0.15, -0.1) is 0 Å². The standard InChI is InChI=1S/C10H11F3N4O/c1-5(10(11,12)13)3-6-15-8-7(9(18)16-6)14-4-17(8)2/h4-5H,3H2,1-2H3,(H,15,16,18). The number of hydrogen-bond donors (Lipinski definition) is 1. The summed E-state index contributed by atoms with van der Waals surface area (Å²) in [7, 11) is 1.62. The molecule has 98 valence electrons. The molecule has 0 amide bonds. The predicted octanol–water partition coefficient (Wildman–Crippen LogP) is 1.40. The lowest BCUT2D eigenvalue weighted by molar-refractivity contribution is -0.169. The molecule has 0 aliphatic carbocycles. The fourth-order valence-corrected chi connectivity index (χ4v) is 1.56. The number of hydrogen-bond acceptors (Lipinski definition) is 3. The highest BCUT2D eigenvalue weighted by Gasteiger charge is 2.36. The first-order chi connectivity index (χ1) is 8.29. The lowest BCUT2D eigenvalue weighted by Crippen LogP contribution is -2.24. The van der Waals surface area contributed by atoms with Crippen LogP contribution >= 0.6 is 0 Å². The lowest BCUT2D eigenvalue weighted by Gasteiger charge is -2.14. The van der Waals surface area contributed by atoms with E-state index in [0.29, 0.717) is 0 Å². The van der Waals surface area contributed by atoms with Crippen molar-refractivity contribution in [2.75, 3.05) is 0 Å². The van der Waals surface area contributed by atoms with Gasteiger partial charge in [0.05, 0.1) is 12.2 Å². The first kappa shape index (κ1) is 12.6. The number of halogens is 3. The van der Waals surface area contributed by atoms with Crippen LogP contribution in [0.1, 0.15) is 12.7 Å². The molecule has 1 N–H and O–H groups in total. The van der Waals surface area contributed by atoms with E-state index in [0.717, 1.165) is 6.92 Å². The van der Waals surface area contributed by atoms with Gasteiger partial charge in [-0.25, -0.2) is 9.97 Å². The van der Waals surface area contributed by atoms with Gasteiger partial charge in [-0.05, 0) is 0 Å². The number of aryl methyl sites for hydroxylation is 1. The highest BCUT2D eigenvalue weighted by molar-refractivity contribution is 5.68. The average Bonchev–Trinajstić information content (AvgIpc) is 2.60.